The van der Waals surface area contributed by atoms with Gasteiger partial charge in [-0.05, 0) is 68.8 Å². The van der Waals surface area contributed by atoms with Gasteiger partial charge in [0.25, 0.3) is 0 Å². The molecule has 0 radical (unpaired) electrons. The van der Waals surface area contributed by atoms with Crippen molar-refractivity contribution in [2.45, 2.75) is 20.8 Å². The monoisotopic (exact) mass is 329 g/mol. The van der Waals surface area contributed by atoms with Crippen molar-refractivity contribution in [2.24, 2.45) is 0 Å². The van der Waals surface area contributed by atoms with Gasteiger partial charge in [-0.3, -0.25) is 4.79 Å². The maximum Gasteiger partial charge on any atom is 0.243 e. The SMILES string of the molecule is CCN(CC)c1ccc(NCC(=O)Nc2ccc(F)cc2)c(C)c1. The van der Waals surface area contributed by atoms with Gasteiger partial charge in [-0.15, -0.1) is 0 Å². The van der Waals surface area contributed by atoms with Gasteiger partial charge >= 0.3 is 0 Å². The van der Waals surface area contributed by atoms with Crippen molar-refractivity contribution < 1.29 is 9.18 Å². The van der Waals surface area contributed by atoms with Crippen LogP contribution in [0.3, 0.4) is 0 Å². The number of rotatable bonds is 7. The van der Waals surface area contributed by atoms with Gasteiger partial charge in [-0.1, -0.05) is 0 Å². The van der Waals surface area contributed by atoms with E-state index in [0.717, 1.165) is 24.3 Å². The van der Waals surface area contributed by atoms with E-state index in [1.807, 2.05) is 13.0 Å². The highest BCUT2D eigenvalue weighted by molar-refractivity contribution is 5.93. The lowest BCUT2D eigenvalue weighted by Gasteiger charge is -2.22. The van der Waals surface area contributed by atoms with Crippen LogP contribution in [0.2, 0.25) is 0 Å². The largest absolute Gasteiger partial charge is 0.376 e. The zero-order valence-electron chi connectivity index (χ0n) is 14.4. The minimum absolute atomic E-state index is 0.156. The normalized spacial score (nSPS) is 10.3. The molecule has 24 heavy (non-hydrogen) atoms. The summed E-state index contributed by atoms with van der Waals surface area (Å²) in [6.45, 7) is 8.36. The molecular weight excluding hydrogens is 305 g/mol. The standard InChI is InChI=1S/C19H24FN3O/c1-4-23(5-2)17-10-11-18(14(3)12-17)21-13-19(24)22-16-8-6-15(20)7-9-16/h6-12,21H,4-5,13H2,1-3H3,(H,22,24). The predicted molar refractivity (Wildman–Crippen MR) is 98.3 cm³/mol. The van der Waals surface area contributed by atoms with Gasteiger partial charge in [0.05, 0.1) is 6.54 Å². The summed E-state index contributed by atoms with van der Waals surface area (Å²) in [5.74, 6) is -0.496. The van der Waals surface area contributed by atoms with Crippen molar-refractivity contribution in [3.8, 4) is 0 Å². The zero-order valence-corrected chi connectivity index (χ0v) is 14.4. The van der Waals surface area contributed by atoms with Crippen molar-refractivity contribution in [1.29, 1.82) is 0 Å². The van der Waals surface area contributed by atoms with E-state index in [2.05, 4.69) is 41.5 Å². The lowest BCUT2D eigenvalue weighted by Crippen LogP contribution is -2.23. The van der Waals surface area contributed by atoms with Crippen LogP contribution in [0.1, 0.15) is 19.4 Å². The van der Waals surface area contributed by atoms with Gasteiger partial charge < -0.3 is 15.5 Å². The molecule has 2 rings (SSSR count). The molecule has 0 bridgehead atoms. The number of aryl methyl sites for hydroxylation is 1. The first-order valence-corrected chi connectivity index (χ1v) is 8.18. The number of amides is 1. The Bertz CT molecular complexity index is 682. The third kappa shape index (κ3) is 4.72. The Kier molecular flexibility index (Phi) is 6.18. The number of carbonyl (C=O) groups excluding carboxylic acids is 1. The summed E-state index contributed by atoms with van der Waals surface area (Å²) in [5, 5.41) is 5.87. The molecule has 0 heterocycles. The molecule has 128 valence electrons. The van der Waals surface area contributed by atoms with Crippen LogP contribution >= 0.6 is 0 Å². The molecule has 0 aliphatic carbocycles. The topological polar surface area (TPSA) is 44.4 Å². The Labute approximate surface area is 142 Å². The fourth-order valence-corrected chi connectivity index (χ4v) is 2.55. The molecule has 0 saturated heterocycles. The molecule has 0 unspecified atom stereocenters. The van der Waals surface area contributed by atoms with E-state index in [1.165, 1.54) is 30.0 Å². The van der Waals surface area contributed by atoms with Gasteiger partial charge in [0, 0.05) is 30.2 Å². The van der Waals surface area contributed by atoms with E-state index in [9.17, 15) is 9.18 Å². The van der Waals surface area contributed by atoms with Gasteiger partial charge in [-0.2, -0.15) is 0 Å². The summed E-state index contributed by atoms with van der Waals surface area (Å²) in [5.41, 5.74) is 3.78. The number of hydrogen-bond donors (Lipinski definition) is 2. The Morgan fingerprint density at radius 2 is 1.75 bits per heavy atom. The van der Waals surface area contributed by atoms with Crippen LogP contribution in [-0.4, -0.2) is 25.5 Å². The Morgan fingerprint density at radius 3 is 2.33 bits per heavy atom. The Balaban J connectivity index is 1.93. The van der Waals surface area contributed by atoms with Crippen LogP contribution < -0.4 is 15.5 Å². The van der Waals surface area contributed by atoms with E-state index in [0.29, 0.717) is 5.69 Å². The first kappa shape index (κ1) is 17.8. The average Bonchev–Trinajstić information content (AvgIpc) is 2.57. The third-order valence-corrected chi connectivity index (χ3v) is 3.91. The van der Waals surface area contributed by atoms with Gasteiger partial charge in [0.15, 0.2) is 0 Å². The summed E-state index contributed by atoms with van der Waals surface area (Å²) in [6.07, 6.45) is 0. The molecule has 1 amide bonds. The smallest absolute Gasteiger partial charge is 0.243 e. The number of nitrogens with one attached hydrogen (secondary N) is 2. The zero-order chi connectivity index (χ0) is 17.5. The van der Waals surface area contributed by atoms with Crippen molar-refractivity contribution in [1.82, 2.24) is 0 Å². The van der Waals surface area contributed by atoms with Crippen molar-refractivity contribution in [3.05, 3.63) is 53.8 Å². The number of hydrogen-bond acceptors (Lipinski definition) is 3. The molecule has 0 spiro atoms. The number of carbonyl (C=O) groups is 1. The molecule has 5 heteroatoms. The van der Waals surface area contributed by atoms with Crippen LogP contribution in [0.25, 0.3) is 0 Å². The van der Waals surface area contributed by atoms with E-state index >= 15 is 0 Å². The minimum Gasteiger partial charge on any atom is -0.376 e. The summed E-state index contributed by atoms with van der Waals surface area (Å²) >= 11 is 0. The van der Waals surface area contributed by atoms with E-state index in [4.69, 9.17) is 0 Å². The highest BCUT2D eigenvalue weighted by atomic mass is 19.1. The molecule has 2 N–H and O–H groups in total. The summed E-state index contributed by atoms with van der Waals surface area (Å²) in [6, 6.07) is 11.9. The second kappa shape index (κ2) is 8.34. The minimum atomic E-state index is -0.324. The van der Waals surface area contributed by atoms with Gasteiger partial charge in [0.2, 0.25) is 5.91 Å². The summed E-state index contributed by atoms with van der Waals surface area (Å²) in [4.78, 5) is 14.3. The molecule has 0 aromatic heterocycles. The van der Waals surface area contributed by atoms with Crippen molar-refractivity contribution in [2.75, 3.05) is 35.2 Å². The molecule has 0 atom stereocenters. The fraction of sp³-hybridized carbons (Fsp3) is 0.316. The number of nitrogens with zero attached hydrogens (tertiary/aromatic N) is 1. The predicted octanol–water partition coefficient (Wildman–Crippen LogP) is 4.03. The molecule has 0 aliphatic rings. The van der Waals surface area contributed by atoms with Crippen LogP contribution in [0, 0.1) is 12.7 Å². The van der Waals surface area contributed by atoms with E-state index in [-0.39, 0.29) is 18.3 Å². The van der Waals surface area contributed by atoms with Crippen LogP contribution in [0.4, 0.5) is 21.5 Å². The van der Waals surface area contributed by atoms with Gasteiger partial charge in [-0.25, -0.2) is 4.39 Å². The Hall–Kier alpha value is -2.56. The first-order valence-electron chi connectivity index (χ1n) is 8.18. The van der Waals surface area contributed by atoms with Crippen molar-refractivity contribution in [3.63, 3.8) is 0 Å². The fourth-order valence-electron chi connectivity index (χ4n) is 2.55. The van der Waals surface area contributed by atoms with Crippen LogP contribution in [-0.2, 0) is 4.79 Å². The second-order valence-electron chi connectivity index (χ2n) is 5.58. The maximum absolute atomic E-state index is 12.9. The number of anilines is 3. The molecule has 4 nitrogen and oxygen atoms in total. The summed E-state index contributed by atoms with van der Waals surface area (Å²) < 4.78 is 12.9. The molecule has 2 aromatic rings. The molecular formula is C19H24FN3O. The summed E-state index contributed by atoms with van der Waals surface area (Å²) in [7, 11) is 0. The van der Waals surface area contributed by atoms with Crippen molar-refractivity contribution >= 4 is 23.0 Å². The molecule has 0 saturated carbocycles. The number of benzene rings is 2. The Morgan fingerprint density at radius 1 is 1.08 bits per heavy atom. The van der Waals surface area contributed by atoms with Crippen LogP contribution in [0.5, 0.6) is 0 Å². The first-order chi connectivity index (χ1) is 11.5. The van der Waals surface area contributed by atoms with E-state index < -0.39 is 0 Å². The quantitative estimate of drug-likeness (QED) is 0.806. The lowest BCUT2D eigenvalue weighted by molar-refractivity contribution is -0.114. The molecule has 0 fully saturated rings. The van der Waals surface area contributed by atoms with Crippen LogP contribution in [0.15, 0.2) is 42.5 Å². The second-order valence-corrected chi connectivity index (χ2v) is 5.58. The third-order valence-electron chi connectivity index (χ3n) is 3.91. The highest BCUT2D eigenvalue weighted by Gasteiger charge is 2.07. The molecule has 2 aromatic carbocycles. The van der Waals surface area contributed by atoms with Gasteiger partial charge in [0.1, 0.15) is 5.82 Å². The average molecular weight is 329 g/mol. The highest BCUT2D eigenvalue weighted by Crippen LogP contribution is 2.22. The number of halogens is 1. The maximum atomic E-state index is 12.9. The molecule has 0 aliphatic heterocycles. The lowest BCUT2D eigenvalue weighted by atomic mass is 10.1. The van der Waals surface area contributed by atoms with E-state index in [1.54, 1.807) is 0 Å².